The zero-order valence-electron chi connectivity index (χ0n) is 10.2. The number of rotatable bonds is 3. The molecule has 1 rings (SSSR count). The second kappa shape index (κ2) is 4.93. The molecule has 0 amide bonds. The molecule has 0 aliphatic carbocycles. The van der Waals surface area contributed by atoms with Gasteiger partial charge in [0, 0.05) is 9.64 Å². The van der Waals surface area contributed by atoms with Crippen molar-refractivity contribution in [2.24, 2.45) is 0 Å². The minimum atomic E-state index is 0.219. The van der Waals surface area contributed by atoms with E-state index in [0.717, 1.165) is 5.75 Å². The molecule has 2 heteroatoms. The SMILES string of the molecule is CC(C)Oc1ccccc1SC(C)(C)C. The Kier molecular flexibility index (Phi) is 4.09. The van der Waals surface area contributed by atoms with Crippen LogP contribution in [-0.4, -0.2) is 10.9 Å². The molecule has 0 atom stereocenters. The number of hydrogen-bond donors (Lipinski definition) is 0. The van der Waals surface area contributed by atoms with Crippen molar-refractivity contribution in [3.05, 3.63) is 24.3 Å². The third-order valence-corrected chi connectivity index (χ3v) is 2.80. The molecule has 0 heterocycles. The average molecular weight is 224 g/mol. The molecule has 0 unspecified atom stereocenters. The summed E-state index contributed by atoms with van der Waals surface area (Å²) >= 11 is 1.84. The molecule has 0 spiro atoms. The van der Waals surface area contributed by atoms with E-state index in [9.17, 15) is 0 Å². The number of para-hydroxylation sites is 1. The molecule has 0 fully saturated rings. The van der Waals surface area contributed by atoms with Crippen molar-refractivity contribution in [2.45, 2.75) is 50.4 Å². The van der Waals surface area contributed by atoms with Crippen molar-refractivity contribution in [3.63, 3.8) is 0 Å². The lowest BCUT2D eigenvalue weighted by Gasteiger charge is -2.20. The van der Waals surface area contributed by atoms with Crippen LogP contribution in [-0.2, 0) is 0 Å². The summed E-state index contributed by atoms with van der Waals surface area (Å²) in [6.45, 7) is 10.7. The molecule has 15 heavy (non-hydrogen) atoms. The van der Waals surface area contributed by atoms with Crippen LogP contribution in [0.25, 0.3) is 0 Å². The minimum Gasteiger partial charge on any atom is -0.490 e. The molecule has 1 aromatic carbocycles. The van der Waals surface area contributed by atoms with E-state index in [1.54, 1.807) is 0 Å². The zero-order valence-corrected chi connectivity index (χ0v) is 11.0. The molecule has 0 aliphatic rings. The lowest BCUT2D eigenvalue weighted by Crippen LogP contribution is -2.10. The highest BCUT2D eigenvalue weighted by molar-refractivity contribution is 8.00. The third-order valence-electron chi connectivity index (χ3n) is 1.63. The Morgan fingerprint density at radius 2 is 1.73 bits per heavy atom. The predicted octanol–water partition coefficient (Wildman–Crippen LogP) is 4.36. The highest BCUT2D eigenvalue weighted by atomic mass is 32.2. The molecular weight excluding hydrogens is 204 g/mol. The molecule has 0 saturated carbocycles. The lowest BCUT2D eigenvalue weighted by molar-refractivity contribution is 0.236. The molecule has 0 aliphatic heterocycles. The Labute approximate surface area is 97.2 Å². The van der Waals surface area contributed by atoms with E-state index in [0.29, 0.717) is 0 Å². The smallest absolute Gasteiger partial charge is 0.133 e. The van der Waals surface area contributed by atoms with Gasteiger partial charge in [-0.15, -0.1) is 11.8 Å². The third kappa shape index (κ3) is 4.61. The highest BCUT2D eigenvalue weighted by Gasteiger charge is 2.15. The highest BCUT2D eigenvalue weighted by Crippen LogP contribution is 2.37. The zero-order chi connectivity index (χ0) is 11.5. The van der Waals surface area contributed by atoms with Gasteiger partial charge < -0.3 is 4.74 Å². The Morgan fingerprint density at radius 1 is 1.13 bits per heavy atom. The van der Waals surface area contributed by atoms with E-state index in [1.165, 1.54) is 4.90 Å². The van der Waals surface area contributed by atoms with Gasteiger partial charge >= 0.3 is 0 Å². The van der Waals surface area contributed by atoms with Crippen molar-refractivity contribution in [3.8, 4) is 5.75 Å². The fourth-order valence-corrected chi connectivity index (χ4v) is 2.24. The van der Waals surface area contributed by atoms with E-state index in [1.807, 2.05) is 23.9 Å². The first-order valence-electron chi connectivity index (χ1n) is 5.33. The largest absolute Gasteiger partial charge is 0.490 e. The molecule has 0 saturated heterocycles. The summed E-state index contributed by atoms with van der Waals surface area (Å²) in [5, 5.41) is 0. The van der Waals surface area contributed by atoms with E-state index in [2.05, 4.69) is 46.8 Å². The fourth-order valence-electron chi connectivity index (χ4n) is 1.22. The Balaban J connectivity index is 2.86. The molecular formula is C13H20OS. The van der Waals surface area contributed by atoms with Crippen LogP contribution in [0.4, 0.5) is 0 Å². The lowest BCUT2D eigenvalue weighted by atomic mass is 10.3. The van der Waals surface area contributed by atoms with Crippen LogP contribution >= 0.6 is 11.8 Å². The average Bonchev–Trinajstić information content (AvgIpc) is 2.05. The minimum absolute atomic E-state index is 0.219. The van der Waals surface area contributed by atoms with E-state index in [-0.39, 0.29) is 10.9 Å². The predicted molar refractivity (Wildman–Crippen MR) is 67.8 cm³/mol. The standard InChI is InChI=1S/C13H20OS/c1-10(2)14-11-8-6-7-9-12(11)15-13(3,4)5/h6-10H,1-5H3. The van der Waals surface area contributed by atoms with Gasteiger partial charge in [0.2, 0.25) is 0 Å². The van der Waals surface area contributed by atoms with Gasteiger partial charge in [-0.25, -0.2) is 0 Å². The summed E-state index contributed by atoms with van der Waals surface area (Å²) in [4.78, 5) is 1.22. The molecule has 1 nitrogen and oxygen atoms in total. The van der Waals surface area contributed by atoms with Crippen LogP contribution in [0, 0.1) is 0 Å². The topological polar surface area (TPSA) is 9.23 Å². The Bertz CT molecular complexity index is 313. The molecule has 0 N–H and O–H groups in total. The maximum atomic E-state index is 5.77. The number of ether oxygens (including phenoxy) is 1. The summed E-state index contributed by atoms with van der Waals surface area (Å²) in [6.07, 6.45) is 0.228. The van der Waals surface area contributed by atoms with Crippen LogP contribution in [0.5, 0.6) is 5.75 Å². The molecule has 1 aromatic rings. The molecule has 84 valence electrons. The van der Waals surface area contributed by atoms with Crippen LogP contribution in [0.3, 0.4) is 0 Å². The molecule has 0 aromatic heterocycles. The first-order chi connectivity index (χ1) is 6.88. The van der Waals surface area contributed by atoms with Crippen LogP contribution in [0.1, 0.15) is 34.6 Å². The van der Waals surface area contributed by atoms with E-state index >= 15 is 0 Å². The molecule has 0 radical (unpaired) electrons. The molecule has 0 bridgehead atoms. The van der Waals surface area contributed by atoms with E-state index in [4.69, 9.17) is 4.74 Å². The van der Waals surface area contributed by atoms with Crippen molar-refractivity contribution in [1.29, 1.82) is 0 Å². The van der Waals surface area contributed by atoms with Gasteiger partial charge in [-0.05, 0) is 26.0 Å². The van der Waals surface area contributed by atoms with Gasteiger partial charge in [-0.3, -0.25) is 0 Å². The summed E-state index contributed by atoms with van der Waals surface area (Å²) in [5.41, 5.74) is 0. The maximum absolute atomic E-state index is 5.77. The summed E-state index contributed by atoms with van der Waals surface area (Å²) in [6, 6.07) is 8.23. The summed E-state index contributed by atoms with van der Waals surface area (Å²) in [5.74, 6) is 0.993. The van der Waals surface area contributed by atoms with Crippen molar-refractivity contribution < 1.29 is 4.74 Å². The van der Waals surface area contributed by atoms with Crippen molar-refractivity contribution >= 4 is 11.8 Å². The van der Waals surface area contributed by atoms with Gasteiger partial charge in [0.1, 0.15) is 5.75 Å². The number of benzene rings is 1. The summed E-state index contributed by atoms with van der Waals surface area (Å²) in [7, 11) is 0. The fraction of sp³-hybridized carbons (Fsp3) is 0.538. The Hall–Kier alpha value is -0.630. The first-order valence-corrected chi connectivity index (χ1v) is 6.15. The van der Waals surface area contributed by atoms with Gasteiger partial charge in [0.15, 0.2) is 0 Å². The van der Waals surface area contributed by atoms with Gasteiger partial charge in [-0.1, -0.05) is 32.9 Å². The van der Waals surface area contributed by atoms with Crippen LogP contribution in [0.2, 0.25) is 0 Å². The van der Waals surface area contributed by atoms with Crippen molar-refractivity contribution in [1.82, 2.24) is 0 Å². The first kappa shape index (κ1) is 12.4. The van der Waals surface area contributed by atoms with Crippen molar-refractivity contribution in [2.75, 3.05) is 0 Å². The monoisotopic (exact) mass is 224 g/mol. The summed E-state index contributed by atoms with van der Waals surface area (Å²) < 4.78 is 5.99. The number of thioether (sulfide) groups is 1. The second-order valence-electron chi connectivity index (χ2n) is 4.83. The second-order valence-corrected chi connectivity index (χ2v) is 6.70. The van der Waals surface area contributed by atoms with Crippen LogP contribution < -0.4 is 4.74 Å². The number of hydrogen-bond acceptors (Lipinski definition) is 2. The van der Waals surface area contributed by atoms with Gasteiger partial charge in [-0.2, -0.15) is 0 Å². The maximum Gasteiger partial charge on any atom is 0.133 e. The Morgan fingerprint density at radius 3 is 2.27 bits per heavy atom. The normalized spacial score (nSPS) is 11.9. The van der Waals surface area contributed by atoms with Gasteiger partial charge in [0.05, 0.1) is 6.10 Å². The van der Waals surface area contributed by atoms with E-state index < -0.39 is 0 Å². The van der Waals surface area contributed by atoms with Crippen LogP contribution in [0.15, 0.2) is 29.2 Å². The quantitative estimate of drug-likeness (QED) is 0.705. The van der Waals surface area contributed by atoms with Gasteiger partial charge in [0.25, 0.3) is 0 Å².